The van der Waals surface area contributed by atoms with Gasteiger partial charge in [0, 0.05) is 23.0 Å². The second-order valence-corrected chi connectivity index (χ2v) is 10.4. The molecule has 1 aromatic carbocycles. The second-order valence-electron chi connectivity index (χ2n) is 8.15. The molecule has 156 valence electrons. The minimum atomic E-state index is -3.01. The maximum atomic E-state index is 13.4. The summed E-state index contributed by atoms with van der Waals surface area (Å²) >= 11 is 0. The van der Waals surface area contributed by atoms with Gasteiger partial charge in [0.1, 0.15) is 6.17 Å². The summed E-state index contributed by atoms with van der Waals surface area (Å²) in [5, 5.41) is 8.25. The van der Waals surface area contributed by atoms with E-state index in [4.69, 9.17) is 5.10 Å². The van der Waals surface area contributed by atoms with E-state index in [1.54, 1.807) is 0 Å². The third kappa shape index (κ3) is 3.33. The number of nitrogens with zero attached hydrogens (tertiary/aromatic N) is 3. The van der Waals surface area contributed by atoms with Gasteiger partial charge < -0.3 is 10.2 Å². The van der Waals surface area contributed by atoms with E-state index in [9.17, 15) is 13.2 Å². The van der Waals surface area contributed by atoms with Crippen LogP contribution in [0.25, 0.3) is 0 Å². The summed E-state index contributed by atoms with van der Waals surface area (Å²) in [6.07, 6.45) is 1.08. The number of anilines is 1. The van der Waals surface area contributed by atoms with Gasteiger partial charge in [-0.15, -0.1) is 0 Å². The lowest BCUT2D eigenvalue weighted by molar-refractivity contribution is 0.0592. The summed E-state index contributed by atoms with van der Waals surface area (Å²) in [6, 6.07) is 7.47. The number of benzene rings is 1. The fraction of sp³-hybridized carbons (Fsp3) is 0.524. The molecule has 0 spiro atoms. The molecule has 0 unspecified atom stereocenters. The van der Waals surface area contributed by atoms with Gasteiger partial charge in [0.25, 0.3) is 5.91 Å². The van der Waals surface area contributed by atoms with Crippen molar-refractivity contribution in [2.75, 3.05) is 16.8 Å². The van der Waals surface area contributed by atoms with Crippen LogP contribution in [0.3, 0.4) is 0 Å². The molecule has 0 bridgehead atoms. The van der Waals surface area contributed by atoms with Gasteiger partial charge in [0.2, 0.25) is 0 Å². The number of sulfone groups is 1. The summed E-state index contributed by atoms with van der Waals surface area (Å²) in [4.78, 5) is 15.2. The van der Waals surface area contributed by atoms with E-state index in [0.717, 1.165) is 29.1 Å². The van der Waals surface area contributed by atoms with Crippen LogP contribution in [-0.2, 0) is 9.84 Å². The number of aryl methyl sites for hydroxylation is 1. The Labute approximate surface area is 172 Å². The highest BCUT2D eigenvalue weighted by molar-refractivity contribution is 7.91. The van der Waals surface area contributed by atoms with Crippen molar-refractivity contribution in [3.8, 4) is 0 Å². The zero-order valence-electron chi connectivity index (χ0n) is 17.3. The molecule has 3 atom stereocenters. The average Bonchev–Trinajstić information content (AvgIpc) is 3.19. The number of hydrogen-bond donors (Lipinski definition) is 1. The highest BCUT2D eigenvalue weighted by Crippen LogP contribution is 2.38. The normalized spacial score (nSPS) is 24.3. The van der Waals surface area contributed by atoms with Crippen LogP contribution in [0.2, 0.25) is 0 Å². The van der Waals surface area contributed by atoms with E-state index in [-0.39, 0.29) is 35.7 Å². The number of fused-ring (bicyclic) bond motifs is 1. The minimum Gasteiger partial charge on any atom is -0.361 e. The SMILES string of the molecule is CC[C@H](C)N1C(=O)c2ccccc2N[C@@H]1c1c(C)nn([C@@H]2CCS(=O)(=O)C2)c1C. The molecule has 2 aromatic rings. The third-order valence-corrected chi connectivity index (χ3v) is 7.99. The quantitative estimate of drug-likeness (QED) is 0.827. The van der Waals surface area contributed by atoms with E-state index < -0.39 is 9.84 Å². The van der Waals surface area contributed by atoms with Crippen LogP contribution in [0.1, 0.15) is 66.2 Å². The molecule has 2 aliphatic rings. The van der Waals surface area contributed by atoms with Crippen molar-refractivity contribution >= 4 is 21.4 Å². The highest BCUT2D eigenvalue weighted by atomic mass is 32.2. The fourth-order valence-electron chi connectivity index (χ4n) is 4.53. The van der Waals surface area contributed by atoms with Crippen LogP contribution in [0.4, 0.5) is 5.69 Å². The van der Waals surface area contributed by atoms with Crippen LogP contribution in [0, 0.1) is 13.8 Å². The van der Waals surface area contributed by atoms with Crippen molar-refractivity contribution in [2.45, 2.75) is 58.8 Å². The third-order valence-electron chi connectivity index (χ3n) is 6.24. The Balaban J connectivity index is 1.79. The smallest absolute Gasteiger partial charge is 0.258 e. The van der Waals surface area contributed by atoms with Crippen LogP contribution in [0.5, 0.6) is 0 Å². The highest BCUT2D eigenvalue weighted by Gasteiger charge is 2.39. The maximum Gasteiger partial charge on any atom is 0.258 e. The number of carbonyl (C=O) groups excluding carboxylic acids is 1. The number of hydrogen-bond acceptors (Lipinski definition) is 5. The Kier molecular flexibility index (Phi) is 4.93. The molecule has 1 N–H and O–H groups in total. The number of nitrogens with one attached hydrogen (secondary N) is 1. The van der Waals surface area contributed by atoms with Gasteiger partial charge in [-0.05, 0) is 45.7 Å². The minimum absolute atomic E-state index is 0.00805. The van der Waals surface area contributed by atoms with Gasteiger partial charge in [-0.2, -0.15) is 5.10 Å². The van der Waals surface area contributed by atoms with Gasteiger partial charge in [-0.1, -0.05) is 19.1 Å². The summed E-state index contributed by atoms with van der Waals surface area (Å²) in [6.45, 7) is 8.03. The summed E-state index contributed by atoms with van der Waals surface area (Å²) in [5.41, 5.74) is 4.19. The van der Waals surface area contributed by atoms with Gasteiger partial charge in [0.05, 0.1) is 28.8 Å². The molecule has 1 saturated heterocycles. The van der Waals surface area contributed by atoms with E-state index in [1.807, 2.05) is 47.7 Å². The Morgan fingerprint density at radius 1 is 1.28 bits per heavy atom. The summed E-state index contributed by atoms with van der Waals surface area (Å²) < 4.78 is 25.8. The van der Waals surface area contributed by atoms with Crippen molar-refractivity contribution in [1.82, 2.24) is 14.7 Å². The number of para-hydroxylation sites is 1. The fourth-order valence-corrected chi connectivity index (χ4v) is 6.22. The predicted octanol–water partition coefficient (Wildman–Crippen LogP) is 3.22. The van der Waals surface area contributed by atoms with Crippen molar-refractivity contribution in [2.24, 2.45) is 0 Å². The molecule has 3 heterocycles. The molecule has 29 heavy (non-hydrogen) atoms. The largest absolute Gasteiger partial charge is 0.361 e. The second kappa shape index (κ2) is 7.16. The number of rotatable bonds is 4. The molecular weight excluding hydrogens is 388 g/mol. The first-order valence-electron chi connectivity index (χ1n) is 10.2. The van der Waals surface area contributed by atoms with E-state index >= 15 is 0 Å². The Morgan fingerprint density at radius 2 is 2.00 bits per heavy atom. The molecule has 0 aliphatic carbocycles. The summed E-state index contributed by atoms with van der Waals surface area (Å²) in [5.74, 6) is 0.343. The predicted molar refractivity (Wildman–Crippen MR) is 113 cm³/mol. The van der Waals surface area contributed by atoms with E-state index in [0.29, 0.717) is 12.0 Å². The van der Waals surface area contributed by atoms with Crippen LogP contribution in [0.15, 0.2) is 24.3 Å². The standard InChI is InChI=1S/C21H28N4O3S/c1-5-13(2)24-20(22-18-9-7-6-8-17(18)21(24)26)19-14(3)23-25(15(19)4)16-10-11-29(27,28)12-16/h6-9,13,16,20,22H,5,10-12H2,1-4H3/t13-,16+,20-/m0/s1. The van der Waals surface area contributed by atoms with Gasteiger partial charge in [-0.3, -0.25) is 9.48 Å². The van der Waals surface area contributed by atoms with Crippen LogP contribution < -0.4 is 5.32 Å². The monoisotopic (exact) mass is 416 g/mol. The molecule has 7 nitrogen and oxygen atoms in total. The first kappa shape index (κ1) is 19.9. The number of amides is 1. The Morgan fingerprint density at radius 3 is 2.66 bits per heavy atom. The molecule has 8 heteroatoms. The van der Waals surface area contributed by atoms with E-state index in [2.05, 4.69) is 19.2 Å². The Hall–Kier alpha value is -2.35. The van der Waals surface area contributed by atoms with Crippen molar-refractivity contribution in [1.29, 1.82) is 0 Å². The lowest BCUT2D eigenvalue weighted by atomic mass is 9.99. The zero-order chi connectivity index (χ0) is 20.9. The molecule has 2 aliphatic heterocycles. The molecule has 1 fully saturated rings. The molecule has 1 aromatic heterocycles. The van der Waals surface area contributed by atoms with Gasteiger partial charge in [0.15, 0.2) is 9.84 Å². The van der Waals surface area contributed by atoms with Crippen molar-refractivity contribution in [3.05, 3.63) is 46.8 Å². The first-order chi connectivity index (χ1) is 13.7. The molecule has 0 radical (unpaired) electrons. The first-order valence-corrected chi connectivity index (χ1v) is 12.0. The maximum absolute atomic E-state index is 13.4. The molecule has 1 amide bonds. The zero-order valence-corrected chi connectivity index (χ0v) is 18.2. The van der Waals surface area contributed by atoms with Gasteiger partial charge in [-0.25, -0.2) is 8.42 Å². The van der Waals surface area contributed by atoms with Crippen LogP contribution in [-0.4, -0.2) is 46.6 Å². The molecule has 4 rings (SSSR count). The lowest BCUT2D eigenvalue weighted by Crippen LogP contribution is -2.47. The van der Waals surface area contributed by atoms with Crippen molar-refractivity contribution in [3.63, 3.8) is 0 Å². The average molecular weight is 417 g/mol. The molecule has 0 saturated carbocycles. The number of aromatic nitrogens is 2. The van der Waals surface area contributed by atoms with Gasteiger partial charge >= 0.3 is 0 Å². The van der Waals surface area contributed by atoms with Crippen molar-refractivity contribution < 1.29 is 13.2 Å². The number of carbonyl (C=O) groups is 1. The Bertz CT molecular complexity index is 1060. The summed E-state index contributed by atoms with van der Waals surface area (Å²) in [7, 11) is -3.01. The lowest BCUT2D eigenvalue weighted by Gasteiger charge is -2.41. The van der Waals surface area contributed by atoms with Crippen LogP contribution >= 0.6 is 0 Å². The van der Waals surface area contributed by atoms with E-state index in [1.165, 1.54) is 0 Å². The molecular formula is C21H28N4O3S. The topological polar surface area (TPSA) is 84.3 Å².